The van der Waals surface area contributed by atoms with Crippen LogP contribution in [0.4, 0.5) is 5.69 Å². The Kier molecular flexibility index (Phi) is 5.67. The molecular formula is C22H24N4O3S2. The molecule has 0 spiro atoms. The Morgan fingerprint density at radius 1 is 1.10 bits per heavy atom. The summed E-state index contributed by atoms with van der Waals surface area (Å²) in [6.45, 7) is 6.70. The Hall–Kier alpha value is -2.62. The topological polar surface area (TPSA) is 92.3 Å². The summed E-state index contributed by atoms with van der Waals surface area (Å²) in [5.74, 6) is 0.174. The first-order chi connectivity index (χ1) is 14.7. The molecule has 1 aliphatic rings. The molecule has 0 bridgehead atoms. The van der Waals surface area contributed by atoms with E-state index in [2.05, 4.69) is 15.3 Å². The van der Waals surface area contributed by atoms with Gasteiger partial charge in [0.05, 0.1) is 18.1 Å². The molecule has 7 nitrogen and oxygen atoms in total. The van der Waals surface area contributed by atoms with E-state index in [0.29, 0.717) is 31.0 Å². The zero-order valence-corrected chi connectivity index (χ0v) is 19.3. The molecule has 1 amide bonds. The van der Waals surface area contributed by atoms with E-state index in [-0.39, 0.29) is 15.2 Å². The number of hydrogen-bond acceptors (Lipinski definition) is 6. The first-order valence-corrected chi connectivity index (χ1v) is 12.3. The van der Waals surface area contributed by atoms with Gasteiger partial charge in [0, 0.05) is 18.5 Å². The van der Waals surface area contributed by atoms with Crippen LogP contribution in [0.5, 0.6) is 0 Å². The van der Waals surface area contributed by atoms with Gasteiger partial charge in [-0.2, -0.15) is 4.31 Å². The second-order valence-electron chi connectivity index (χ2n) is 8.47. The molecule has 1 aromatic carbocycles. The van der Waals surface area contributed by atoms with Crippen LogP contribution in [-0.4, -0.2) is 35.1 Å². The van der Waals surface area contributed by atoms with Crippen molar-refractivity contribution >= 4 is 33.0 Å². The number of amides is 1. The first-order valence-electron chi connectivity index (χ1n) is 9.94. The van der Waals surface area contributed by atoms with Crippen molar-refractivity contribution < 1.29 is 13.2 Å². The number of nitrogens with zero attached hydrogens (tertiary/aromatic N) is 3. The molecule has 0 saturated carbocycles. The van der Waals surface area contributed by atoms with Crippen LogP contribution in [0.3, 0.4) is 0 Å². The second kappa shape index (κ2) is 8.14. The summed E-state index contributed by atoms with van der Waals surface area (Å²) in [6.07, 6.45) is 3.72. The van der Waals surface area contributed by atoms with E-state index >= 15 is 0 Å². The lowest BCUT2D eigenvalue weighted by Crippen LogP contribution is -2.36. The molecule has 1 N–H and O–H groups in total. The van der Waals surface area contributed by atoms with Gasteiger partial charge in [0.25, 0.3) is 5.91 Å². The number of carbonyl (C=O) groups excluding carboxylic acids is 1. The summed E-state index contributed by atoms with van der Waals surface area (Å²) in [7, 11) is -3.80. The summed E-state index contributed by atoms with van der Waals surface area (Å²) in [5, 5.41) is 4.34. The predicted molar refractivity (Wildman–Crippen MR) is 121 cm³/mol. The molecule has 0 unspecified atom stereocenters. The Morgan fingerprint density at radius 2 is 1.77 bits per heavy atom. The van der Waals surface area contributed by atoms with Crippen molar-refractivity contribution in [2.75, 3.05) is 11.9 Å². The van der Waals surface area contributed by atoms with Gasteiger partial charge in [-0.25, -0.2) is 18.4 Å². The van der Waals surface area contributed by atoms with Crippen LogP contribution < -0.4 is 5.32 Å². The van der Waals surface area contributed by atoms with Crippen LogP contribution in [0.1, 0.15) is 47.4 Å². The number of carbonyl (C=O) groups is 1. The molecule has 0 radical (unpaired) electrons. The third-order valence-corrected chi connectivity index (χ3v) is 8.06. The van der Waals surface area contributed by atoms with Crippen LogP contribution in [-0.2, 0) is 28.4 Å². The molecule has 3 aromatic rings. The van der Waals surface area contributed by atoms with Gasteiger partial charge < -0.3 is 5.32 Å². The molecule has 0 aliphatic carbocycles. The van der Waals surface area contributed by atoms with Crippen molar-refractivity contribution in [3.63, 3.8) is 0 Å². The van der Waals surface area contributed by atoms with E-state index in [1.807, 2.05) is 45.0 Å². The Labute approximate surface area is 186 Å². The van der Waals surface area contributed by atoms with Crippen molar-refractivity contribution in [2.45, 2.75) is 44.0 Å². The highest BCUT2D eigenvalue weighted by Gasteiger charge is 2.32. The Morgan fingerprint density at radius 3 is 2.45 bits per heavy atom. The van der Waals surface area contributed by atoms with Gasteiger partial charge in [-0.3, -0.25) is 4.79 Å². The van der Waals surface area contributed by atoms with Crippen LogP contribution >= 0.6 is 11.3 Å². The maximum Gasteiger partial charge on any atom is 0.267 e. The monoisotopic (exact) mass is 456 g/mol. The molecule has 0 atom stereocenters. The van der Waals surface area contributed by atoms with Crippen molar-refractivity contribution in [3.05, 3.63) is 69.9 Å². The maximum absolute atomic E-state index is 13.3. The fourth-order valence-electron chi connectivity index (χ4n) is 3.45. The smallest absolute Gasteiger partial charge is 0.267 e. The lowest BCUT2D eigenvalue weighted by atomic mass is 9.96. The zero-order valence-electron chi connectivity index (χ0n) is 17.6. The van der Waals surface area contributed by atoms with E-state index in [0.717, 1.165) is 22.5 Å². The fraction of sp³-hybridized carbons (Fsp3) is 0.318. The molecule has 2 aromatic heterocycles. The van der Waals surface area contributed by atoms with E-state index in [1.54, 1.807) is 5.38 Å². The number of aromatic nitrogens is 2. The molecule has 3 heterocycles. The van der Waals surface area contributed by atoms with Gasteiger partial charge in [0.2, 0.25) is 10.0 Å². The number of hydrogen-bond donors (Lipinski definition) is 1. The molecule has 4 rings (SSSR count). The van der Waals surface area contributed by atoms with Gasteiger partial charge in [-0.05, 0) is 29.0 Å². The number of nitrogens with one attached hydrogen (secondary N) is 1. The number of benzene rings is 1. The third kappa shape index (κ3) is 4.39. The fourth-order valence-corrected chi connectivity index (χ4v) is 6.16. The first kappa shape index (κ1) is 21.6. The number of fused-ring (bicyclic) bond motifs is 1. The minimum Gasteiger partial charge on any atom is -0.319 e. The Bertz CT molecular complexity index is 1210. The number of rotatable bonds is 4. The summed E-state index contributed by atoms with van der Waals surface area (Å²) in [4.78, 5) is 21.7. The maximum atomic E-state index is 13.3. The van der Waals surface area contributed by atoms with Gasteiger partial charge >= 0.3 is 0 Å². The van der Waals surface area contributed by atoms with Gasteiger partial charge in [0.15, 0.2) is 0 Å². The average Bonchev–Trinajstić information content (AvgIpc) is 3.24. The predicted octanol–water partition coefficient (Wildman–Crippen LogP) is 3.83. The largest absolute Gasteiger partial charge is 0.319 e. The average molecular weight is 457 g/mol. The normalized spacial score (nSPS) is 14.8. The van der Waals surface area contributed by atoms with E-state index in [4.69, 9.17) is 0 Å². The van der Waals surface area contributed by atoms with Crippen LogP contribution in [0, 0.1) is 0 Å². The molecular weight excluding hydrogens is 432 g/mol. The van der Waals surface area contributed by atoms with E-state index in [1.165, 1.54) is 22.8 Å². The third-order valence-electron chi connectivity index (χ3n) is 5.13. The van der Waals surface area contributed by atoms with Gasteiger partial charge in [0.1, 0.15) is 15.6 Å². The highest BCUT2D eigenvalue weighted by molar-refractivity contribution is 7.89. The number of thiophene rings is 1. The molecule has 0 saturated heterocycles. The minimum absolute atomic E-state index is 0.0293. The molecule has 9 heteroatoms. The van der Waals surface area contributed by atoms with Gasteiger partial charge in [-0.15, -0.1) is 11.3 Å². The summed E-state index contributed by atoms with van der Waals surface area (Å²) in [5.41, 5.74) is 2.37. The number of anilines is 1. The molecule has 31 heavy (non-hydrogen) atoms. The van der Waals surface area contributed by atoms with Crippen molar-refractivity contribution in [1.29, 1.82) is 0 Å². The van der Waals surface area contributed by atoms with Gasteiger partial charge in [-0.1, -0.05) is 45.0 Å². The highest BCUT2D eigenvalue weighted by atomic mass is 32.2. The standard InChI is InChI=1S/C22H24N4O3S2/c1-22(2,3)21-23-12-17(13-24-21)25-20(27)19-18(9-11-30-19)31(28,29)26-10-8-15-6-4-5-7-16(15)14-26/h4-7,9,11-13H,8,10,14H2,1-3H3,(H,25,27). The minimum atomic E-state index is -3.80. The second-order valence-corrected chi connectivity index (χ2v) is 11.3. The van der Waals surface area contributed by atoms with Crippen LogP contribution in [0.25, 0.3) is 0 Å². The lowest BCUT2D eigenvalue weighted by molar-refractivity contribution is 0.102. The summed E-state index contributed by atoms with van der Waals surface area (Å²) in [6, 6.07) is 9.33. The lowest BCUT2D eigenvalue weighted by Gasteiger charge is -2.28. The summed E-state index contributed by atoms with van der Waals surface area (Å²) < 4.78 is 28.1. The molecule has 1 aliphatic heterocycles. The van der Waals surface area contributed by atoms with E-state index < -0.39 is 15.9 Å². The van der Waals surface area contributed by atoms with Crippen molar-refractivity contribution in [3.8, 4) is 0 Å². The van der Waals surface area contributed by atoms with Crippen molar-refractivity contribution in [2.24, 2.45) is 0 Å². The number of sulfonamides is 1. The van der Waals surface area contributed by atoms with Crippen LogP contribution in [0.15, 0.2) is 53.0 Å². The Balaban J connectivity index is 1.55. The molecule has 0 fully saturated rings. The quantitative estimate of drug-likeness (QED) is 0.644. The van der Waals surface area contributed by atoms with Crippen LogP contribution in [0.2, 0.25) is 0 Å². The van der Waals surface area contributed by atoms with E-state index in [9.17, 15) is 13.2 Å². The zero-order chi connectivity index (χ0) is 22.2. The SMILES string of the molecule is CC(C)(C)c1ncc(NC(=O)c2sccc2S(=O)(=O)N2CCc3ccccc3C2)cn1. The van der Waals surface area contributed by atoms with Crippen molar-refractivity contribution in [1.82, 2.24) is 14.3 Å². The molecule has 162 valence electrons. The highest BCUT2D eigenvalue weighted by Crippen LogP contribution is 2.30. The summed E-state index contributed by atoms with van der Waals surface area (Å²) >= 11 is 1.10.